The van der Waals surface area contributed by atoms with Crippen LogP contribution in [0.5, 0.6) is 0 Å². The van der Waals surface area contributed by atoms with Crippen molar-refractivity contribution >= 4 is 17.7 Å². The Kier molecular flexibility index (Phi) is 3.50. The number of imidazole rings is 1. The molecule has 20 heavy (non-hydrogen) atoms. The van der Waals surface area contributed by atoms with E-state index in [-0.39, 0.29) is 0 Å². The summed E-state index contributed by atoms with van der Waals surface area (Å²) in [7, 11) is 1.76. The maximum Gasteiger partial charge on any atom is 0.240 e. The fourth-order valence-corrected chi connectivity index (χ4v) is 2.10. The zero-order valence-corrected chi connectivity index (χ0v) is 11.3. The lowest BCUT2D eigenvalue weighted by molar-refractivity contribution is 0.826. The van der Waals surface area contributed by atoms with Crippen molar-refractivity contribution in [1.82, 2.24) is 34.5 Å². The number of hydrogen-bond acceptors (Lipinski definition) is 8. The first-order chi connectivity index (χ1) is 9.85. The Hall–Kier alpha value is -2.55. The maximum absolute atomic E-state index is 4.38. The number of aromatic nitrogens is 7. The van der Waals surface area contributed by atoms with Crippen LogP contribution in [0.3, 0.4) is 0 Å². The number of nitrogens with one attached hydrogen (secondary N) is 1. The maximum atomic E-state index is 4.38. The van der Waals surface area contributed by atoms with Gasteiger partial charge in [0.1, 0.15) is 17.7 Å². The van der Waals surface area contributed by atoms with Gasteiger partial charge in [0.15, 0.2) is 0 Å². The fraction of sp³-hybridized carbons (Fsp3) is 0.0909. The minimum atomic E-state index is 0.486. The molecule has 0 aliphatic rings. The number of anilines is 1. The van der Waals surface area contributed by atoms with Gasteiger partial charge in [-0.25, -0.2) is 15.0 Å². The zero-order chi connectivity index (χ0) is 13.8. The Labute approximate surface area is 118 Å². The van der Waals surface area contributed by atoms with Gasteiger partial charge < -0.3 is 5.32 Å². The van der Waals surface area contributed by atoms with Crippen LogP contribution in [-0.4, -0.2) is 41.5 Å². The lowest BCUT2D eigenvalue weighted by Gasteiger charge is -2.06. The van der Waals surface area contributed by atoms with Crippen LogP contribution in [0.15, 0.2) is 47.5 Å². The normalized spacial score (nSPS) is 10.4. The third-order valence-electron chi connectivity index (χ3n) is 2.31. The Balaban J connectivity index is 1.96. The quantitative estimate of drug-likeness (QED) is 0.711. The summed E-state index contributed by atoms with van der Waals surface area (Å²) in [4.78, 5) is 24.9. The molecule has 0 aliphatic heterocycles. The second-order valence-corrected chi connectivity index (χ2v) is 4.60. The average Bonchev–Trinajstić information content (AvgIpc) is 3.02. The summed E-state index contributed by atoms with van der Waals surface area (Å²) in [6.45, 7) is 0. The van der Waals surface area contributed by atoms with Crippen LogP contribution < -0.4 is 5.32 Å². The number of hydrogen-bond donors (Lipinski definition) is 1. The summed E-state index contributed by atoms with van der Waals surface area (Å²) in [6.07, 6.45) is 8.23. The predicted octanol–water partition coefficient (Wildman–Crippen LogP) is 1.04. The minimum Gasteiger partial charge on any atom is -0.357 e. The minimum absolute atomic E-state index is 0.486. The van der Waals surface area contributed by atoms with Gasteiger partial charge in [0.05, 0.1) is 0 Å². The SMILES string of the molecule is CNc1nc(Sc2ccncn2)nc(-n2ccnc2)n1. The van der Waals surface area contributed by atoms with E-state index in [1.165, 1.54) is 18.1 Å². The van der Waals surface area contributed by atoms with Crippen LogP contribution in [0.25, 0.3) is 5.95 Å². The van der Waals surface area contributed by atoms with Crippen molar-refractivity contribution in [2.24, 2.45) is 0 Å². The van der Waals surface area contributed by atoms with Crippen LogP contribution in [0.4, 0.5) is 5.95 Å². The van der Waals surface area contributed by atoms with Gasteiger partial charge in [0, 0.05) is 25.6 Å². The molecule has 0 atom stereocenters. The van der Waals surface area contributed by atoms with Gasteiger partial charge in [0.25, 0.3) is 0 Å². The van der Waals surface area contributed by atoms with Gasteiger partial charge in [-0.05, 0) is 17.8 Å². The largest absolute Gasteiger partial charge is 0.357 e. The van der Waals surface area contributed by atoms with Crippen molar-refractivity contribution in [2.45, 2.75) is 10.2 Å². The smallest absolute Gasteiger partial charge is 0.240 e. The third-order valence-corrected chi connectivity index (χ3v) is 3.13. The van der Waals surface area contributed by atoms with Gasteiger partial charge in [-0.3, -0.25) is 4.57 Å². The molecule has 3 heterocycles. The summed E-state index contributed by atoms with van der Waals surface area (Å²) < 4.78 is 1.71. The first-order valence-corrected chi connectivity index (χ1v) is 6.53. The molecule has 3 aromatic heterocycles. The second kappa shape index (κ2) is 5.61. The molecule has 0 saturated heterocycles. The molecule has 9 heteroatoms. The van der Waals surface area contributed by atoms with E-state index in [1.807, 2.05) is 0 Å². The lowest BCUT2D eigenvalue weighted by Crippen LogP contribution is -2.06. The monoisotopic (exact) mass is 286 g/mol. The third kappa shape index (κ3) is 2.72. The first-order valence-electron chi connectivity index (χ1n) is 5.71. The van der Waals surface area contributed by atoms with E-state index in [4.69, 9.17) is 0 Å². The van der Waals surface area contributed by atoms with Gasteiger partial charge in [-0.15, -0.1) is 0 Å². The van der Waals surface area contributed by atoms with E-state index >= 15 is 0 Å². The van der Waals surface area contributed by atoms with Crippen molar-refractivity contribution in [2.75, 3.05) is 12.4 Å². The molecule has 0 unspecified atom stereocenters. The molecule has 0 bridgehead atoms. The van der Waals surface area contributed by atoms with E-state index in [1.54, 1.807) is 42.6 Å². The van der Waals surface area contributed by atoms with E-state index in [0.29, 0.717) is 17.1 Å². The molecule has 0 spiro atoms. The van der Waals surface area contributed by atoms with Crippen LogP contribution >= 0.6 is 11.8 Å². The van der Waals surface area contributed by atoms with E-state index < -0.39 is 0 Å². The summed E-state index contributed by atoms with van der Waals surface area (Å²) in [5.74, 6) is 0.985. The summed E-state index contributed by atoms with van der Waals surface area (Å²) in [6, 6.07) is 1.80. The van der Waals surface area contributed by atoms with E-state index in [2.05, 4.69) is 35.2 Å². The molecule has 0 aromatic carbocycles. The number of nitrogens with zero attached hydrogens (tertiary/aromatic N) is 7. The average molecular weight is 286 g/mol. The van der Waals surface area contributed by atoms with Crippen molar-refractivity contribution in [3.05, 3.63) is 37.3 Å². The molecule has 0 saturated carbocycles. The fourth-order valence-electron chi connectivity index (χ4n) is 1.43. The second-order valence-electron chi connectivity index (χ2n) is 3.61. The van der Waals surface area contributed by atoms with Gasteiger partial charge >= 0.3 is 0 Å². The molecular weight excluding hydrogens is 276 g/mol. The van der Waals surface area contributed by atoms with E-state index in [9.17, 15) is 0 Å². The molecule has 0 fully saturated rings. The van der Waals surface area contributed by atoms with Crippen LogP contribution in [0, 0.1) is 0 Å². The Morgan fingerprint density at radius 2 is 2.10 bits per heavy atom. The predicted molar refractivity (Wildman–Crippen MR) is 72.7 cm³/mol. The highest BCUT2D eigenvalue weighted by atomic mass is 32.2. The lowest BCUT2D eigenvalue weighted by atomic mass is 10.7. The Morgan fingerprint density at radius 3 is 2.80 bits per heavy atom. The topological polar surface area (TPSA) is 94.3 Å². The zero-order valence-electron chi connectivity index (χ0n) is 10.5. The van der Waals surface area contributed by atoms with Crippen molar-refractivity contribution in [3.63, 3.8) is 0 Å². The highest BCUT2D eigenvalue weighted by Gasteiger charge is 2.09. The van der Waals surface area contributed by atoms with Crippen LogP contribution in [-0.2, 0) is 0 Å². The van der Waals surface area contributed by atoms with Gasteiger partial charge in [-0.1, -0.05) is 0 Å². The summed E-state index contributed by atoms with van der Waals surface area (Å²) in [5, 5.41) is 4.23. The highest BCUT2D eigenvalue weighted by molar-refractivity contribution is 7.99. The molecule has 1 N–H and O–H groups in total. The standard InChI is InChI=1S/C11H10N8S/c1-12-9-16-10(19-5-4-14-7-19)18-11(17-9)20-8-2-3-13-6-15-8/h2-7H,1H3,(H,12,16,17,18). The molecule has 100 valence electrons. The number of rotatable bonds is 4. The first kappa shape index (κ1) is 12.5. The molecule has 3 aromatic rings. The summed E-state index contributed by atoms with van der Waals surface area (Å²) >= 11 is 1.34. The summed E-state index contributed by atoms with van der Waals surface area (Å²) in [5.41, 5.74) is 0. The molecule has 3 rings (SSSR count). The van der Waals surface area contributed by atoms with E-state index in [0.717, 1.165) is 5.03 Å². The Morgan fingerprint density at radius 1 is 1.15 bits per heavy atom. The molecule has 0 aliphatic carbocycles. The highest BCUT2D eigenvalue weighted by Crippen LogP contribution is 2.22. The Bertz CT molecular complexity index is 685. The van der Waals surface area contributed by atoms with Crippen molar-refractivity contribution in [1.29, 1.82) is 0 Å². The molecule has 0 amide bonds. The van der Waals surface area contributed by atoms with Crippen LogP contribution in [0.1, 0.15) is 0 Å². The van der Waals surface area contributed by atoms with Crippen molar-refractivity contribution in [3.8, 4) is 5.95 Å². The van der Waals surface area contributed by atoms with Gasteiger partial charge in [0.2, 0.25) is 17.1 Å². The van der Waals surface area contributed by atoms with Crippen molar-refractivity contribution < 1.29 is 0 Å². The molecule has 0 radical (unpaired) electrons. The van der Waals surface area contributed by atoms with Crippen LogP contribution in [0.2, 0.25) is 0 Å². The molecular formula is C11H10N8S. The molecule has 8 nitrogen and oxygen atoms in total. The van der Waals surface area contributed by atoms with Gasteiger partial charge in [-0.2, -0.15) is 15.0 Å².